The van der Waals surface area contributed by atoms with Crippen LogP contribution >= 0.6 is 0 Å². The number of aryl methyl sites for hydroxylation is 2. The molecule has 5 amide bonds. The third-order valence-corrected chi connectivity index (χ3v) is 8.82. The number of aliphatic hydroxyl groups is 1. The molecule has 15 nitrogen and oxygen atoms in total. The van der Waals surface area contributed by atoms with Crippen LogP contribution < -0.4 is 31.3 Å². The van der Waals surface area contributed by atoms with E-state index in [4.69, 9.17) is 4.74 Å². The van der Waals surface area contributed by atoms with Crippen molar-refractivity contribution in [2.24, 2.45) is 0 Å². The van der Waals surface area contributed by atoms with Crippen LogP contribution in [0.1, 0.15) is 52.5 Å². The van der Waals surface area contributed by atoms with E-state index >= 15 is 0 Å². The van der Waals surface area contributed by atoms with Crippen LogP contribution in [-0.2, 0) is 45.1 Å². The van der Waals surface area contributed by atoms with Crippen LogP contribution in [0.4, 0.5) is 0 Å². The van der Waals surface area contributed by atoms with Gasteiger partial charge in [-0.05, 0) is 42.7 Å². The highest BCUT2D eigenvalue weighted by atomic mass is 16.5. The first-order valence-corrected chi connectivity index (χ1v) is 17.9. The topological polar surface area (TPSA) is 206 Å². The lowest BCUT2D eigenvalue weighted by Crippen LogP contribution is -2.57. The van der Waals surface area contributed by atoms with Crippen molar-refractivity contribution in [1.82, 2.24) is 41.6 Å². The lowest BCUT2D eigenvalue weighted by molar-refractivity contribution is -0.134. The van der Waals surface area contributed by atoms with Gasteiger partial charge in [-0.2, -0.15) is 0 Å². The molecule has 0 radical (unpaired) electrons. The molecule has 0 saturated heterocycles. The zero-order valence-electron chi connectivity index (χ0n) is 30.3. The number of aromatic nitrogens is 3. The van der Waals surface area contributed by atoms with Gasteiger partial charge in [0.2, 0.25) is 23.6 Å². The molecule has 6 N–H and O–H groups in total. The van der Waals surface area contributed by atoms with Gasteiger partial charge in [0.1, 0.15) is 29.6 Å². The molecule has 1 aliphatic heterocycles. The number of hydrogen-bond acceptors (Lipinski definition) is 9. The zero-order chi connectivity index (χ0) is 38.5. The molecule has 3 aromatic carbocycles. The van der Waals surface area contributed by atoms with E-state index in [1.807, 2.05) is 67.6 Å². The lowest BCUT2D eigenvalue weighted by Gasteiger charge is -2.25. The third-order valence-electron chi connectivity index (χ3n) is 8.82. The number of carbonyl (C=O) groups is 5. The first kappa shape index (κ1) is 39.1. The van der Waals surface area contributed by atoms with E-state index in [2.05, 4.69) is 36.9 Å². The quantitative estimate of drug-likeness (QED) is 0.173. The third kappa shape index (κ3) is 11.5. The normalized spacial score (nSPS) is 20.3. The summed E-state index contributed by atoms with van der Waals surface area (Å²) in [6, 6.07) is 19.9. The Bertz CT molecular complexity index is 1900. The largest absolute Gasteiger partial charge is 0.493 e. The summed E-state index contributed by atoms with van der Waals surface area (Å²) in [6.45, 7) is 3.93. The van der Waals surface area contributed by atoms with Gasteiger partial charge < -0.3 is 36.4 Å². The molecule has 2 heterocycles. The van der Waals surface area contributed by atoms with Gasteiger partial charge in [-0.15, -0.1) is 5.10 Å². The summed E-state index contributed by atoms with van der Waals surface area (Å²) in [5.74, 6) is -2.35. The molecule has 54 heavy (non-hydrogen) atoms. The smallest absolute Gasteiger partial charge is 0.252 e. The van der Waals surface area contributed by atoms with Crippen molar-refractivity contribution < 1.29 is 33.8 Å². The van der Waals surface area contributed by atoms with Crippen LogP contribution in [0.5, 0.6) is 5.75 Å². The molecular weight excluding hydrogens is 692 g/mol. The number of ether oxygens (including phenoxy) is 1. The minimum atomic E-state index is -1.40. The first-order valence-electron chi connectivity index (χ1n) is 17.9. The standard InChI is InChI=1S/C39H46N8O7/c1-25-14-15-29-22-33(25)54-19-9-18-47-24-30(45-46-47)23-41-38(52)32(21-28-12-7-4-8-13-28)43-39(53)35(26(2)48)44-34(49)16-17-40-37(51)31(42-36(29)50)20-27-10-5-3-6-11-27/h3-8,10-15,22,24,26,31-32,35,48H,9,16-21,23H2,1-2H3,(H,40,51)(H,41,52)(H,42,50)(H,43,53)(H,44,49)/t26-,31+,32-,35+/m1/s1. The molecule has 284 valence electrons. The SMILES string of the molecule is Cc1ccc2cc1OCCCn1cc(nn1)CNC(=O)[C@@H](Cc1ccccc1)NC(=O)[C@H]([C@@H](C)O)NC(=O)CCNC(=O)[C@H](Cc1ccccc1)NC2=O. The predicted octanol–water partition coefficient (Wildman–Crippen LogP) is 1.13. The van der Waals surface area contributed by atoms with Crippen molar-refractivity contribution in [3.05, 3.63) is 113 Å². The molecule has 4 atom stereocenters. The first-order chi connectivity index (χ1) is 26.0. The van der Waals surface area contributed by atoms with Gasteiger partial charge in [0.15, 0.2) is 0 Å². The minimum absolute atomic E-state index is 0.0407. The second kappa shape index (κ2) is 19.1. The summed E-state index contributed by atoms with van der Waals surface area (Å²) >= 11 is 0. The Morgan fingerprint density at radius 1 is 0.833 bits per heavy atom. The van der Waals surface area contributed by atoms with Gasteiger partial charge in [-0.1, -0.05) is 71.9 Å². The molecule has 1 aliphatic rings. The molecular formula is C39H46N8O7. The van der Waals surface area contributed by atoms with Gasteiger partial charge in [0, 0.05) is 44.3 Å². The van der Waals surface area contributed by atoms with Crippen LogP contribution in [-0.4, -0.2) is 87.0 Å². The summed E-state index contributed by atoms with van der Waals surface area (Å²) in [5.41, 5.74) is 3.22. The van der Waals surface area contributed by atoms with Crippen molar-refractivity contribution in [2.75, 3.05) is 13.2 Å². The van der Waals surface area contributed by atoms with Crippen LogP contribution in [0.3, 0.4) is 0 Å². The fourth-order valence-corrected chi connectivity index (χ4v) is 5.83. The molecule has 0 unspecified atom stereocenters. The Balaban J connectivity index is 1.36. The van der Waals surface area contributed by atoms with E-state index in [1.165, 1.54) is 6.92 Å². The number of aliphatic hydroxyl groups excluding tert-OH is 1. The van der Waals surface area contributed by atoms with Gasteiger partial charge in [0.05, 0.1) is 25.5 Å². The predicted molar refractivity (Wildman–Crippen MR) is 198 cm³/mol. The van der Waals surface area contributed by atoms with Crippen LogP contribution in [0.25, 0.3) is 0 Å². The fourth-order valence-electron chi connectivity index (χ4n) is 5.83. The van der Waals surface area contributed by atoms with Crippen LogP contribution in [0, 0.1) is 6.92 Å². The highest BCUT2D eigenvalue weighted by Crippen LogP contribution is 2.20. The Morgan fingerprint density at radius 2 is 1.48 bits per heavy atom. The monoisotopic (exact) mass is 738 g/mol. The van der Waals surface area contributed by atoms with Gasteiger partial charge in [0.25, 0.3) is 5.91 Å². The maximum Gasteiger partial charge on any atom is 0.252 e. The lowest BCUT2D eigenvalue weighted by atomic mass is 10.0. The molecule has 0 spiro atoms. The Morgan fingerprint density at radius 3 is 2.15 bits per heavy atom. The van der Waals surface area contributed by atoms with Gasteiger partial charge in [-0.25, -0.2) is 0 Å². The van der Waals surface area contributed by atoms with E-state index in [0.29, 0.717) is 36.6 Å². The fraction of sp³-hybridized carbons (Fsp3) is 0.359. The molecule has 0 fully saturated rings. The Labute approximate surface area is 313 Å². The van der Waals surface area contributed by atoms with E-state index in [9.17, 15) is 29.1 Å². The van der Waals surface area contributed by atoms with E-state index in [0.717, 1.165) is 16.7 Å². The Kier molecular flexibility index (Phi) is 13.9. The van der Waals surface area contributed by atoms with Crippen molar-refractivity contribution in [1.29, 1.82) is 0 Å². The molecule has 4 aromatic rings. The molecule has 15 heteroatoms. The summed E-state index contributed by atoms with van der Waals surface area (Å²) < 4.78 is 7.66. The number of fused-ring (bicyclic) bond motifs is 4. The highest BCUT2D eigenvalue weighted by Gasteiger charge is 2.30. The van der Waals surface area contributed by atoms with Crippen LogP contribution in [0.15, 0.2) is 85.1 Å². The molecule has 0 saturated carbocycles. The van der Waals surface area contributed by atoms with Gasteiger partial charge >= 0.3 is 0 Å². The van der Waals surface area contributed by atoms with E-state index in [1.54, 1.807) is 29.1 Å². The number of nitrogens with zero attached hydrogens (tertiary/aromatic N) is 3. The van der Waals surface area contributed by atoms with Crippen LogP contribution in [0.2, 0.25) is 0 Å². The number of benzene rings is 3. The number of nitrogens with one attached hydrogen (secondary N) is 5. The van der Waals surface area contributed by atoms with E-state index in [-0.39, 0.29) is 32.4 Å². The van der Waals surface area contributed by atoms with Crippen molar-refractivity contribution in [3.8, 4) is 5.75 Å². The molecule has 4 bridgehead atoms. The minimum Gasteiger partial charge on any atom is -0.493 e. The highest BCUT2D eigenvalue weighted by molar-refractivity contribution is 5.98. The molecule has 5 rings (SSSR count). The second-order valence-corrected chi connectivity index (χ2v) is 13.2. The molecule has 1 aromatic heterocycles. The number of carbonyl (C=O) groups excluding carboxylic acids is 5. The molecule has 0 aliphatic carbocycles. The summed E-state index contributed by atoms with van der Waals surface area (Å²) in [6.07, 6.45) is 1.04. The average molecular weight is 739 g/mol. The number of amides is 5. The zero-order valence-corrected chi connectivity index (χ0v) is 30.3. The van der Waals surface area contributed by atoms with Crippen molar-refractivity contribution in [3.63, 3.8) is 0 Å². The second-order valence-electron chi connectivity index (χ2n) is 13.2. The Hall–Kier alpha value is -6.09. The maximum atomic E-state index is 13.5. The average Bonchev–Trinajstić information content (AvgIpc) is 3.62. The number of hydrogen-bond donors (Lipinski definition) is 6. The van der Waals surface area contributed by atoms with E-state index < -0.39 is 53.8 Å². The maximum absolute atomic E-state index is 13.5. The van der Waals surface area contributed by atoms with Crippen molar-refractivity contribution in [2.45, 2.75) is 76.8 Å². The summed E-state index contributed by atoms with van der Waals surface area (Å²) in [4.78, 5) is 66.9. The number of rotatable bonds is 5. The van der Waals surface area contributed by atoms with Gasteiger partial charge in [-0.3, -0.25) is 28.7 Å². The summed E-state index contributed by atoms with van der Waals surface area (Å²) in [5, 5.41) is 32.3. The summed E-state index contributed by atoms with van der Waals surface area (Å²) in [7, 11) is 0. The van der Waals surface area contributed by atoms with Crippen molar-refractivity contribution >= 4 is 29.5 Å².